The molecule has 2 aromatic carbocycles. The largest absolute Gasteiger partial charge is 0.381 e. The maximum atomic E-state index is 6.31. The SMILES string of the molecule is CC(CNCCN=C1c2ccc(Cl)cc2NC2CCCCC12)Nc1c2c(nc3cc(Cl)ccc13)CCCC2. The molecule has 7 heteroatoms. The lowest BCUT2D eigenvalue weighted by molar-refractivity contribution is 0.396. The molecule has 0 radical (unpaired) electrons. The molecule has 0 amide bonds. The molecule has 38 heavy (non-hydrogen) atoms. The minimum atomic E-state index is 0.277. The fourth-order valence-electron chi connectivity index (χ4n) is 6.53. The first kappa shape index (κ1) is 25.9. The standard InChI is InChI=1S/C31H37Cl2N5/c1-19(36-31-23-7-3-5-9-27(23)38-29-17-21(33)11-13-25(29)31)18-34-14-15-35-30-22-6-2-4-8-26(22)37-28-16-20(32)10-12-24(28)30/h10-13,16-17,19,22,26,34,37H,2-9,14-15,18H2,1H3,(H,36,38). The normalized spacial score (nSPS) is 22.3. The van der Waals surface area contributed by atoms with Crippen molar-refractivity contribution in [2.75, 3.05) is 30.3 Å². The van der Waals surface area contributed by atoms with Gasteiger partial charge in [0.25, 0.3) is 0 Å². The predicted octanol–water partition coefficient (Wildman–Crippen LogP) is 7.28. The Bertz CT molecular complexity index is 1350. The molecular weight excluding hydrogens is 513 g/mol. The Kier molecular flexibility index (Phi) is 7.78. The van der Waals surface area contributed by atoms with Crippen LogP contribution in [-0.2, 0) is 12.8 Å². The van der Waals surface area contributed by atoms with E-state index < -0.39 is 0 Å². The number of nitrogens with one attached hydrogen (secondary N) is 3. The summed E-state index contributed by atoms with van der Waals surface area (Å²) in [5.41, 5.74) is 8.47. The van der Waals surface area contributed by atoms with E-state index in [1.807, 2.05) is 18.2 Å². The summed E-state index contributed by atoms with van der Waals surface area (Å²) >= 11 is 12.6. The minimum absolute atomic E-state index is 0.277. The molecule has 3 atom stereocenters. The first-order valence-electron chi connectivity index (χ1n) is 14.3. The summed E-state index contributed by atoms with van der Waals surface area (Å²) in [6.45, 7) is 4.75. The summed E-state index contributed by atoms with van der Waals surface area (Å²) in [5.74, 6) is 0.498. The van der Waals surface area contributed by atoms with Gasteiger partial charge in [-0.1, -0.05) is 36.0 Å². The highest BCUT2D eigenvalue weighted by Crippen LogP contribution is 2.38. The van der Waals surface area contributed by atoms with Crippen molar-refractivity contribution >= 4 is 51.2 Å². The van der Waals surface area contributed by atoms with Crippen molar-refractivity contribution in [2.24, 2.45) is 10.9 Å². The van der Waals surface area contributed by atoms with E-state index in [9.17, 15) is 0 Å². The van der Waals surface area contributed by atoms with Gasteiger partial charge in [-0.05, 0) is 87.4 Å². The van der Waals surface area contributed by atoms with Gasteiger partial charge in [0, 0.05) is 74.9 Å². The maximum Gasteiger partial charge on any atom is 0.0741 e. The van der Waals surface area contributed by atoms with E-state index in [1.54, 1.807) is 0 Å². The van der Waals surface area contributed by atoms with Crippen molar-refractivity contribution in [3.8, 4) is 0 Å². The number of hydrogen-bond acceptors (Lipinski definition) is 5. The van der Waals surface area contributed by atoms with Crippen LogP contribution in [0.5, 0.6) is 0 Å². The van der Waals surface area contributed by atoms with E-state index in [0.29, 0.717) is 12.0 Å². The van der Waals surface area contributed by atoms with Crippen LogP contribution >= 0.6 is 23.2 Å². The molecule has 2 heterocycles. The Morgan fingerprint density at radius 3 is 2.76 bits per heavy atom. The average Bonchev–Trinajstić information content (AvgIpc) is 2.92. The second-order valence-corrected chi connectivity index (χ2v) is 12.0. The third-order valence-electron chi connectivity index (χ3n) is 8.35. The minimum Gasteiger partial charge on any atom is -0.381 e. The van der Waals surface area contributed by atoms with Gasteiger partial charge in [-0.25, -0.2) is 0 Å². The number of aromatic nitrogens is 1. The zero-order valence-electron chi connectivity index (χ0n) is 22.1. The lowest BCUT2D eigenvalue weighted by Gasteiger charge is -2.39. The molecule has 0 spiro atoms. The van der Waals surface area contributed by atoms with Crippen LogP contribution in [0.25, 0.3) is 10.9 Å². The highest BCUT2D eigenvalue weighted by atomic mass is 35.5. The number of fused-ring (bicyclic) bond motifs is 4. The third-order valence-corrected chi connectivity index (χ3v) is 8.82. The number of anilines is 2. The van der Waals surface area contributed by atoms with Gasteiger partial charge in [0.05, 0.1) is 12.1 Å². The highest BCUT2D eigenvalue weighted by Gasteiger charge is 2.35. The topological polar surface area (TPSA) is 61.3 Å². The van der Waals surface area contributed by atoms with Gasteiger partial charge in [-0.3, -0.25) is 9.98 Å². The van der Waals surface area contributed by atoms with Crippen LogP contribution in [-0.4, -0.2) is 42.4 Å². The van der Waals surface area contributed by atoms with Gasteiger partial charge in [-0.2, -0.15) is 0 Å². The van der Waals surface area contributed by atoms with Crippen molar-refractivity contribution < 1.29 is 0 Å². The fourth-order valence-corrected chi connectivity index (χ4v) is 6.87. The highest BCUT2D eigenvalue weighted by molar-refractivity contribution is 6.31. The summed E-state index contributed by atoms with van der Waals surface area (Å²) in [7, 11) is 0. The number of rotatable bonds is 7. The molecule has 1 fully saturated rings. The van der Waals surface area contributed by atoms with Gasteiger partial charge in [-0.15, -0.1) is 0 Å². The van der Waals surface area contributed by atoms with E-state index >= 15 is 0 Å². The Balaban J connectivity index is 1.11. The van der Waals surface area contributed by atoms with E-state index in [2.05, 4.69) is 41.1 Å². The number of aryl methyl sites for hydroxylation is 1. The van der Waals surface area contributed by atoms with Gasteiger partial charge in [0.15, 0.2) is 0 Å². The number of nitrogens with zero attached hydrogens (tertiary/aromatic N) is 2. The van der Waals surface area contributed by atoms with E-state index in [-0.39, 0.29) is 6.04 Å². The number of halogens is 2. The maximum absolute atomic E-state index is 6.31. The van der Waals surface area contributed by atoms with Crippen molar-refractivity contribution in [2.45, 2.75) is 70.4 Å². The number of hydrogen-bond donors (Lipinski definition) is 3. The summed E-state index contributed by atoms with van der Waals surface area (Å²) in [4.78, 5) is 10.1. The molecule has 2 aliphatic carbocycles. The fraction of sp³-hybridized carbons (Fsp3) is 0.484. The summed E-state index contributed by atoms with van der Waals surface area (Å²) in [6, 6.07) is 13.0. The Labute approximate surface area is 235 Å². The first-order chi connectivity index (χ1) is 18.6. The van der Waals surface area contributed by atoms with Crippen molar-refractivity contribution in [1.29, 1.82) is 0 Å². The predicted molar refractivity (Wildman–Crippen MR) is 162 cm³/mol. The molecule has 6 rings (SSSR count). The monoisotopic (exact) mass is 549 g/mol. The van der Waals surface area contributed by atoms with Gasteiger partial charge >= 0.3 is 0 Å². The Morgan fingerprint density at radius 2 is 1.84 bits per heavy atom. The zero-order valence-corrected chi connectivity index (χ0v) is 23.6. The molecule has 0 bridgehead atoms. The number of aliphatic imine (C=N–C) groups is 1. The number of pyridine rings is 1. The van der Waals surface area contributed by atoms with Crippen LogP contribution in [0.1, 0.15) is 62.3 Å². The van der Waals surface area contributed by atoms with E-state index in [0.717, 1.165) is 53.7 Å². The van der Waals surface area contributed by atoms with Crippen molar-refractivity contribution in [1.82, 2.24) is 10.3 Å². The lowest BCUT2D eigenvalue weighted by atomic mass is 9.76. The van der Waals surface area contributed by atoms with Crippen LogP contribution in [0.2, 0.25) is 10.0 Å². The van der Waals surface area contributed by atoms with Gasteiger partial charge < -0.3 is 16.0 Å². The Hall–Kier alpha value is -2.34. The van der Waals surface area contributed by atoms with Crippen LogP contribution in [0.4, 0.5) is 11.4 Å². The van der Waals surface area contributed by atoms with Crippen LogP contribution < -0.4 is 16.0 Å². The molecule has 1 saturated carbocycles. The van der Waals surface area contributed by atoms with Gasteiger partial charge in [0.1, 0.15) is 0 Å². The van der Waals surface area contributed by atoms with Crippen LogP contribution in [0, 0.1) is 5.92 Å². The molecule has 200 valence electrons. The summed E-state index contributed by atoms with van der Waals surface area (Å²) in [6.07, 6.45) is 9.55. The molecule has 3 N–H and O–H groups in total. The molecule has 3 unspecified atom stereocenters. The molecule has 3 aliphatic rings. The zero-order chi connectivity index (χ0) is 26.1. The average molecular weight is 551 g/mol. The van der Waals surface area contributed by atoms with Crippen LogP contribution in [0.15, 0.2) is 41.4 Å². The first-order valence-corrected chi connectivity index (χ1v) is 15.0. The molecule has 1 aromatic heterocycles. The summed E-state index contributed by atoms with van der Waals surface area (Å²) in [5, 5.41) is 13.9. The quantitative estimate of drug-likeness (QED) is 0.271. The lowest BCUT2D eigenvalue weighted by Crippen LogP contribution is -2.42. The number of benzene rings is 2. The second-order valence-electron chi connectivity index (χ2n) is 11.1. The molecular formula is C31H37Cl2N5. The summed E-state index contributed by atoms with van der Waals surface area (Å²) < 4.78 is 0. The van der Waals surface area contributed by atoms with Crippen LogP contribution in [0.3, 0.4) is 0 Å². The molecule has 0 saturated heterocycles. The van der Waals surface area contributed by atoms with Crippen molar-refractivity contribution in [3.63, 3.8) is 0 Å². The Morgan fingerprint density at radius 1 is 1.03 bits per heavy atom. The molecule has 3 aromatic rings. The third kappa shape index (κ3) is 5.38. The molecule has 5 nitrogen and oxygen atoms in total. The van der Waals surface area contributed by atoms with E-state index in [1.165, 1.54) is 72.1 Å². The molecule has 1 aliphatic heterocycles. The van der Waals surface area contributed by atoms with E-state index in [4.69, 9.17) is 33.2 Å². The van der Waals surface area contributed by atoms with Gasteiger partial charge in [0.2, 0.25) is 0 Å². The second kappa shape index (κ2) is 11.4. The van der Waals surface area contributed by atoms with Crippen molar-refractivity contribution in [3.05, 3.63) is 63.3 Å². The smallest absolute Gasteiger partial charge is 0.0741 e.